The third-order valence-electron chi connectivity index (χ3n) is 3.69. The number of aryl methyl sites for hydroxylation is 3. The summed E-state index contributed by atoms with van der Waals surface area (Å²) >= 11 is 1.80. The zero-order valence-corrected chi connectivity index (χ0v) is 13.1. The third kappa shape index (κ3) is 3.50. The zero-order chi connectivity index (χ0) is 14.8. The summed E-state index contributed by atoms with van der Waals surface area (Å²) in [5, 5.41) is 6.75. The van der Waals surface area contributed by atoms with Crippen molar-refractivity contribution in [2.45, 2.75) is 39.0 Å². The Morgan fingerprint density at radius 2 is 2.33 bits per heavy atom. The molecule has 0 radical (unpaired) electrons. The highest BCUT2D eigenvalue weighted by atomic mass is 32.1. The lowest BCUT2D eigenvalue weighted by Gasteiger charge is -2.03. The Bertz CT molecular complexity index is 634. The summed E-state index contributed by atoms with van der Waals surface area (Å²) in [4.78, 5) is 18.8. The van der Waals surface area contributed by atoms with Crippen LogP contribution in [-0.2, 0) is 11.2 Å². The van der Waals surface area contributed by atoms with Crippen molar-refractivity contribution in [1.82, 2.24) is 15.5 Å². The minimum Gasteiger partial charge on any atom is -0.356 e. The van der Waals surface area contributed by atoms with E-state index in [1.807, 2.05) is 0 Å². The maximum Gasteiger partial charge on any atom is 0.226 e. The fourth-order valence-electron chi connectivity index (χ4n) is 2.48. The molecule has 0 bridgehead atoms. The van der Waals surface area contributed by atoms with Gasteiger partial charge in [0.1, 0.15) is 0 Å². The van der Waals surface area contributed by atoms with Crippen molar-refractivity contribution in [3.05, 3.63) is 33.6 Å². The van der Waals surface area contributed by atoms with Crippen LogP contribution in [0.4, 0.5) is 0 Å². The number of amides is 1. The van der Waals surface area contributed by atoms with Crippen molar-refractivity contribution >= 4 is 17.2 Å². The van der Waals surface area contributed by atoms with Crippen LogP contribution in [0.1, 0.15) is 40.2 Å². The van der Waals surface area contributed by atoms with Gasteiger partial charge in [-0.15, -0.1) is 11.3 Å². The molecule has 1 fully saturated rings. The van der Waals surface area contributed by atoms with Crippen molar-refractivity contribution < 1.29 is 9.32 Å². The molecule has 3 rings (SSSR count). The number of hydrogen-bond donors (Lipinski definition) is 1. The van der Waals surface area contributed by atoms with E-state index in [1.54, 1.807) is 18.3 Å². The highest BCUT2D eigenvalue weighted by molar-refractivity contribution is 7.12. The summed E-state index contributed by atoms with van der Waals surface area (Å²) in [7, 11) is 0. The van der Waals surface area contributed by atoms with Crippen LogP contribution in [-0.4, -0.2) is 22.6 Å². The van der Waals surface area contributed by atoms with Crippen LogP contribution in [0.25, 0.3) is 0 Å². The molecule has 2 aromatic heterocycles. The topological polar surface area (TPSA) is 68.0 Å². The summed E-state index contributed by atoms with van der Waals surface area (Å²) < 4.78 is 5.04. The van der Waals surface area contributed by atoms with Gasteiger partial charge in [-0.2, -0.15) is 4.98 Å². The summed E-state index contributed by atoms with van der Waals surface area (Å²) in [6.45, 7) is 4.56. The molecule has 0 unspecified atom stereocenters. The maximum absolute atomic E-state index is 12.1. The molecule has 21 heavy (non-hydrogen) atoms. The molecule has 0 aliphatic heterocycles. The van der Waals surface area contributed by atoms with Crippen LogP contribution in [0, 0.1) is 19.8 Å². The van der Waals surface area contributed by atoms with E-state index in [0.29, 0.717) is 30.6 Å². The molecule has 2 atom stereocenters. The van der Waals surface area contributed by atoms with Crippen LogP contribution >= 0.6 is 11.3 Å². The highest BCUT2D eigenvalue weighted by Crippen LogP contribution is 2.49. The minimum atomic E-state index is 0.161. The smallest absolute Gasteiger partial charge is 0.226 e. The van der Waals surface area contributed by atoms with Crippen molar-refractivity contribution in [3.8, 4) is 0 Å². The van der Waals surface area contributed by atoms with Gasteiger partial charge in [-0.3, -0.25) is 4.79 Å². The average molecular weight is 305 g/mol. The predicted molar refractivity (Wildman–Crippen MR) is 80.3 cm³/mol. The van der Waals surface area contributed by atoms with Gasteiger partial charge in [-0.1, -0.05) is 5.16 Å². The second-order valence-corrected chi connectivity index (χ2v) is 6.85. The van der Waals surface area contributed by atoms with E-state index in [1.165, 1.54) is 9.75 Å². The molecule has 1 N–H and O–H groups in total. The quantitative estimate of drug-likeness (QED) is 0.833. The molecule has 5 nitrogen and oxygen atoms in total. The predicted octanol–water partition coefficient (Wildman–Crippen LogP) is 2.60. The van der Waals surface area contributed by atoms with Gasteiger partial charge in [0.05, 0.1) is 0 Å². The number of carbonyl (C=O) groups excluding carboxylic acids is 1. The van der Waals surface area contributed by atoms with Crippen LogP contribution in [0.2, 0.25) is 0 Å². The molecule has 2 heterocycles. The number of hydrogen-bond acceptors (Lipinski definition) is 5. The first-order valence-corrected chi connectivity index (χ1v) is 8.08. The largest absolute Gasteiger partial charge is 0.356 e. The van der Waals surface area contributed by atoms with Gasteiger partial charge in [-0.05, 0) is 38.8 Å². The van der Waals surface area contributed by atoms with E-state index in [0.717, 1.165) is 12.8 Å². The Hall–Kier alpha value is -1.69. The summed E-state index contributed by atoms with van der Waals surface area (Å²) in [6.07, 6.45) is 2.51. The average Bonchev–Trinajstić information content (AvgIpc) is 2.98. The maximum atomic E-state index is 12.1. The molecule has 0 aromatic carbocycles. The second-order valence-electron chi connectivity index (χ2n) is 5.53. The van der Waals surface area contributed by atoms with Gasteiger partial charge >= 0.3 is 0 Å². The van der Waals surface area contributed by atoms with Crippen LogP contribution in [0.15, 0.2) is 16.7 Å². The first-order valence-electron chi connectivity index (χ1n) is 7.26. The number of rotatable bonds is 6. The molecule has 0 saturated heterocycles. The fraction of sp³-hybridized carbons (Fsp3) is 0.533. The summed E-state index contributed by atoms with van der Waals surface area (Å²) in [5.74, 6) is 2.06. The zero-order valence-electron chi connectivity index (χ0n) is 12.3. The van der Waals surface area contributed by atoms with Gasteiger partial charge in [-0.25, -0.2) is 0 Å². The lowest BCUT2D eigenvalue weighted by Crippen LogP contribution is -2.26. The number of aromatic nitrogens is 2. The molecular formula is C15H19N3O2S. The summed E-state index contributed by atoms with van der Waals surface area (Å²) in [5.41, 5.74) is 0. The van der Waals surface area contributed by atoms with E-state index in [9.17, 15) is 4.79 Å². The van der Waals surface area contributed by atoms with Gasteiger partial charge in [0.15, 0.2) is 5.82 Å². The Morgan fingerprint density at radius 3 is 3.00 bits per heavy atom. The van der Waals surface area contributed by atoms with Crippen molar-refractivity contribution in [2.75, 3.05) is 6.54 Å². The van der Waals surface area contributed by atoms with E-state index in [4.69, 9.17) is 4.52 Å². The molecule has 112 valence electrons. The molecule has 1 aliphatic carbocycles. The van der Waals surface area contributed by atoms with Crippen molar-refractivity contribution in [1.29, 1.82) is 0 Å². The van der Waals surface area contributed by atoms with E-state index >= 15 is 0 Å². The van der Waals surface area contributed by atoms with Crippen molar-refractivity contribution in [3.63, 3.8) is 0 Å². The second kappa shape index (κ2) is 5.97. The Kier molecular flexibility index (Phi) is 4.05. The molecule has 1 saturated carbocycles. The minimum absolute atomic E-state index is 0.161. The molecular weight excluding hydrogens is 286 g/mol. The molecule has 0 spiro atoms. The first-order chi connectivity index (χ1) is 10.1. The lowest BCUT2D eigenvalue weighted by molar-refractivity contribution is -0.122. The summed E-state index contributed by atoms with van der Waals surface area (Å²) in [6, 6.07) is 4.27. The Morgan fingerprint density at radius 1 is 1.48 bits per heavy atom. The number of nitrogens with one attached hydrogen (secondary N) is 1. The fourth-order valence-corrected chi connectivity index (χ4v) is 3.53. The SMILES string of the molecule is Cc1noc(CCCNC(=O)[C@H]2C[C@H]2c2ccc(C)s2)n1. The van der Waals surface area contributed by atoms with E-state index in [2.05, 4.69) is 34.5 Å². The van der Waals surface area contributed by atoms with Gasteiger partial charge < -0.3 is 9.84 Å². The molecule has 1 aliphatic rings. The van der Waals surface area contributed by atoms with Crippen LogP contribution in [0.3, 0.4) is 0 Å². The lowest BCUT2D eigenvalue weighted by atomic mass is 10.2. The van der Waals surface area contributed by atoms with E-state index in [-0.39, 0.29) is 11.8 Å². The number of thiophene rings is 1. The first kappa shape index (κ1) is 14.3. The molecule has 6 heteroatoms. The van der Waals surface area contributed by atoms with Gasteiger partial charge in [0.25, 0.3) is 0 Å². The highest BCUT2D eigenvalue weighted by Gasteiger charge is 2.44. The molecule has 2 aromatic rings. The van der Waals surface area contributed by atoms with Gasteiger partial charge in [0, 0.05) is 34.6 Å². The Balaban J connectivity index is 1.38. The standard InChI is InChI=1S/C15H19N3O2S/c1-9-5-6-13(21-9)11-8-12(11)15(19)16-7-3-4-14-17-10(2)18-20-14/h5-6,11-12H,3-4,7-8H2,1-2H3,(H,16,19)/t11-,12+/m1/s1. The normalized spacial score (nSPS) is 20.5. The van der Waals surface area contributed by atoms with E-state index < -0.39 is 0 Å². The number of nitrogens with zero attached hydrogens (tertiary/aromatic N) is 2. The van der Waals surface area contributed by atoms with Crippen molar-refractivity contribution in [2.24, 2.45) is 5.92 Å². The Labute approximate surface area is 127 Å². The monoisotopic (exact) mass is 305 g/mol. The van der Waals surface area contributed by atoms with Crippen LogP contribution in [0.5, 0.6) is 0 Å². The van der Waals surface area contributed by atoms with Gasteiger partial charge in [0.2, 0.25) is 11.8 Å². The van der Waals surface area contributed by atoms with Crippen LogP contribution < -0.4 is 5.32 Å². The number of carbonyl (C=O) groups is 1. The third-order valence-corrected chi connectivity index (χ3v) is 4.82. The molecule has 1 amide bonds.